The zero-order valence-electron chi connectivity index (χ0n) is 11.8. The molecule has 0 atom stereocenters. The van der Waals surface area contributed by atoms with Crippen molar-refractivity contribution in [1.29, 1.82) is 0 Å². The second-order valence-electron chi connectivity index (χ2n) is 4.68. The summed E-state index contributed by atoms with van der Waals surface area (Å²) in [5, 5.41) is 6.11. The fourth-order valence-electron chi connectivity index (χ4n) is 1.93. The molecule has 1 heterocycles. The van der Waals surface area contributed by atoms with Gasteiger partial charge in [-0.05, 0) is 25.1 Å². The minimum atomic E-state index is 0.0329. The number of aromatic nitrogens is 1. The number of benzene rings is 1. The summed E-state index contributed by atoms with van der Waals surface area (Å²) < 4.78 is 5.57. The fraction of sp³-hybridized carbons (Fsp3) is 0.467. The number of oxazole rings is 1. The van der Waals surface area contributed by atoms with Crippen LogP contribution in [0, 0.1) is 0 Å². The van der Waals surface area contributed by atoms with Gasteiger partial charge in [-0.15, -0.1) is 0 Å². The maximum Gasteiger partial charge on any atom is 0.220 e. The molecule has 0 spiro atoms. The van der Waals surface area contributed by atoms with E-state index in [4.69, 9.17) is 4.42 Å². The molecule has 1 aromatic heterocycles. The fourth-order valence-corrected chi connectivity index (χ4v) is 1.93. The minimum absolute atomic E-state index is 0.0329. The number of amides is 1. The molecule has 0 aliphatic heterocycles. The van der Waals surface area contributed by atoms with Gasteiger partial charge in [0.15, 0.2) is 11.5 Å². The van der Waals surface area contributed by atoms with Crippen molar-refractivity contribution < 1.29 is 9.21 Å². The molecule has 0 aliphatic rings. The first kappa shape index (κ1) is 14.5. The standard InChI is InChI=1S/C15H21N3O2/c1-2-9-16-10-11-17-14(19)7-8-15-18-12-5-3-4-6-13(12)20-15/h3-6,16H,2,7-11H2,1H3,(H,17,19). The molecule has 1 amide bonds. The van der Waals surface area contributed by atoms with Crippen LogP contribution in [0.3, 0.4) is 0 Å². The number of rotatable bonds is 8. The zero-order chi connectivity index (χ0) is 14.2. The van der Waals surface area contributed by atoms with Crippen LogP contribution in [0.4, 0.5) is 0 Å². The number of para-hydroxylation sites is 2. The van der Waals surface area contributed by atoms with Gasteiger partial charge in [0.2, 0.25) is 5.91 Å². The van der Waals surface area contributed by atoms with E-state index in [1.54, 1.807) is 0 Å². The third-order valence-corrected chi connectivity index (χ3v) is 2.95. The van der Waals surface area contributed by atoms with Gasteiger partial charge in [-0.2, -0.15) is 0 Å². The predicted octanol–water partition coefficient (Wildman–Crippen LogP) is 1.88. The molecule has 2 aromatic rings. The predicted molar refractivity (Wildman–Crippen MR) is 78.5 cm³/mol. The summed E-state index contributed by atoms with van der Waals surface area (Å²) in [6.45, 7) is 4.57. The summed E-state index contributed by atoms with van der Waals surface area (Å²) in [7, 11) is 0. The molecule has 0 unspecified atom stereocenters. The Kier molecular flexibility index (Phi) is 5.55. The number of hydrogen-bond donors (Lipinski definition) is 2. The highest BCUT2D eigenvalue weighted by atomic mass is 16.3. The molecule has 1 aromatic carbocycles. The maximum absolute atomic E-state index is 11.7. The van der Waals surface area contributed by atoms with Gasteiger partial charge in [-0.3, -0.25) is 4.79 Å². The zero-order valence-corrected chi connectivity index (χ0v) is 11.8. The third kappa shape index (κ3) is 4.35. The molecule has 0 bridgehead atoms. The molecule has 2 rings (SSSR count). The lowest BCUT2D eigenvalue weighted by molar-refractivity contribution is -0.121. The van der Waals surface area contributed by atoms with E-state index in [1.807, 2.05) is 24.3 Å². The van der Waals surface area contributed by atoms with Crippen molar-refractivity contribution >= 4 is 17.0 Å². The van der Waals surface area contributed by atoms with Crippen LogP contribution in [0.2, 0.25) is 0 Å². The Bertz CT molecular complexity index is 518. The lowest BCUT2D eigenvalue weighted by Gasteiger charge is -2.05. The quantitative estimate of drug-likeness (QED) is 0.722. The highest BCUT2D eigenvalue weighted by Gasteiger charge is 2.07. The van der Waals surface area contributed by atoms with Crippen molar-refractivity contribution in [2.45, 2.75) is 26.2 Å². The monoisotopic (exact) mass is 275 g/mol. The average Bonchev–Trinajstić information content (AvgIpc) is 2.88. The molecule has 0 fully saturated rings. The Balaban J connectivity index is 1.70. The van der Waals surface area contributed by atoms with Gasteiger partial charge in [-0.1, -0.05) is 19.1 Å². The maximum atomic E-state index is 11.7. The van der Waals surface area contributed by atoms with E-state index in [1.165, 1.54) is 0 Å². The number of fused-ring (bicyclic) bond motifs is 1. The van der Waals surface area contributed by atoms with Crippen molar-refractivity contribution in [2.75, 3.05) is 19.6 Å². The van der Waals surface area contributed by atoms with Crippen LogP contribution in [-0.4, -0.2) is 30.5 Å². The van der Waals surface area contributed by atoms with E-state index in [-0.39, 0.29) is 5.91 Å². The Hall–Kier alpha value is -1.88. The van der Waals surface area contributed by atoms with Gasteiger partial charge in [0.05, 0.1) is 0 Å². The summed E-state index contributed by atoms with van der Waals surface area (Å²) in [5.41, 5.74) is 1.61. The van der Waals surface area contributed by atoms with Crippen molar-refractivity contribution in [1.82, 2.24) is 15.6 Å². The Morgan fingerprint density at radius 2 is 2.10 bits per heavy atom. The van der Waals surface area contributed by atoms with Crippen LogP contribution in [0.5, 0.6) is 0 Å². The Morgan fingerprint density at radius 3 is 2.90 bits per heavy atom. The summed E-state index contributed by atoms with van der Waals surface area (Å²) in [6, 6.07) is 7.62. The number of carbonyl (C=O) groups is 1. The highest BCUT2D eigenvalue weighted by molar-refractivity contribution is 5.76. The van der Waals surface area contributed by atoms with Crippen LogP contribution in [0.1, 0.15) is 25.7 Å². The van der Waals surface area contributed by atoms with Crippen molar-refractivity contribution in [2.24, 2.45) is 0 Å². The number of carbonyl (C=O) groups excluding carboxylic acids is 1. The molecule has 5 nitrogen and oxygen atoms in total. The van der Waals surface area contributed by atoms with Crippen LogP contribution in [0.15, 0.2) is 28.7 Å². The molecule has 108 valence electrons. The minimum Gasteiger partial charge on any atom is -0.441 e. The molecule has 0 saturated carbocycles. The van der Waals surface area contributed by atoms with Crippen LogP contribution in [-0.2, 0) is 11.2 Å². The molecule has 5 heteroatoms. The van der Waals surface area contributed by atoms with E-state index in [2.05, 4.69) is 22.5 Å². The summed E-state index contributed by atoms with van der Waals surface area (Å²) in [4.78, 5) is 16.0. The second kappa shape index (κ2) is 7.65. The Labute approximate surface area is 118 Å². The van der Waals surface area contributed by atoms with Gasteiger partial charge in [0, 0.05) is 25.9 Å². The molecular formula is C15H21N3O2. The highest BCUT2D eigenvalue weighted by Crippen LogP contribution is 2.15. The molecule has 0 radical (unpaired) electrons. The van der Waals surface area contributed by atoms with E-state index in [0.717, 1.165) is 30.6 Å². The topological polar surface area (TPSA) is 67.2 Å². The first-order chi connectivity index (χ1) is 9.79. The number of hydrogen-bond acceptors (Lipinski definition) is 4. The number of nitrogens with zero attached hydrogens (tertiary/aromatic N) is 1. The third-order valence-electron chi connectivity index (χ3n) is 2.95. The lowest BCUT2D eigenvalue weighted by Crippen LogP contribution is -2.32. The van der Waals surface area contributed by atoms with E-state index in [9.17, 15) is 4.79 Å². The normalized spacial score (nSPS) is 10.8. The first-order valence-corrected chi connectivity index (χ1v) is 7.11. The van der Waals surface area contributed by atoms with E-state index >= 15 is 0 Å². The first-order valence-electron chi connectivity index (χ1n) is 7.11. The van der Waals surface area contributed by atoms with Gasteiger partial charge in [0.1, 0.15) is 5.52 Å². The van der Waals surface area contributed by atoms with E-state index < -0.39 is 0 Å². The molecule has 2 N–H and O–H groups in total. The van der Waals surface area contributed by atoms with Crippen LogP contribution >= 0.6 is 0 Å². The largest absolute Gasteiger partial charge is 0.441 e. The second-order valence-corrected chi connectivity index (χ2v) is 4.68. The summed E-state index contributed by atoms with van der Waals surface area (Å²) >= 11 is 0. The lowest BCUT2D eigenvalue weighted by atomic mass is 10.3. The van der Waals surface area contributed by atoms with Gasteiger partial charge >= 0.3 is 0 Å². The van der Waals surface area contributed by atoms with Crippen LogP contribution < -0.4 is 10.6 Å². The molecular weight excluding hydrogens is 254 g/mol. The van der Waals surface area contributed by atoms with Gasteiger partial charge in [-0.25, -0.2) is 4.98 Å². The van der Waals surface area contributed by atoms with Crippen LogP contribution in [0.25, 0.3) is 11.1 Å². The smallest absolute Gasteiger partial charge is 0.220 e. The van der Waals surface area contributed by atoms with Crippen molar-refractivity contribution in [3.8, 4) is 0 Å². The summed E-state index contributed by atoms with van der Waals surface area (Å²) in [6.07, 6.45) is 2.04. The number of nitrogens with one attached hydrogen (secondary N) is 2. The average molecular weight is 275 g/mol. The molecule has 0 aliphatic carbocycles. The van der Waals surface area contributed by atoms with E-state index in [0.29, 0.717) is 25.3 Å². The molecule has 0 saturated heterocycles. The number of aryl methyl sites for hydroxylation is 1. The van der Waals surface area contributed by atoms with Gasteiger partial charge < -0.3 is 15.1 Å². The SMILES string of the molecule is CCCNCCNC(=O)CCc1nc2ccccc2o1. The molecule has 20 heavy (non-hydrogen) atoms. The summed E-state index contributed by atoms with van der Waals surface area (Å²) in [5.74, 6) is 0.649. The van der Waals surface area contributed by atoms with Crippen molar-refractivity contribution in [3.05, 3.63) is 30.2 Å². The Morgan fingerprint density at radius 1 is 1.25 bits per heavy atom. The van der Waals surface area contributed by atoms with Crippen molar-refractivity contribution in [3.63, 3.8) is 0 Å². The van der Waals surface area contributed by atoms with Gasteiger partial charge in [0.25, 0.3) is 0 Å².